The van der Waals surface area contributed by atoms with Crippen LogP contribution >= 0.6 is 0 Å². The predicted molar refractivity (Wildman–Crippen MR) is 44.2 cm³/mol. The first-order valence-electron chi connectivity index (χ1n) is 3.62. The zero-order valence-electron chi connectivity index (χ0n) is 7.02. The fourth-order valence-corrected chi connectivity index (χ4v) is 1.08. The zero-order valence-corrected chi connectivity index (χ0v) is 7.02. The summed E-state index contributed by atoms with van der Waals surface area (Å²) in [6.07, 6.45) is 1.71. The quantitative estimate of drug-likeness (QED) is 0.632. The summed E-state index contributed by atoms with van der Waals surface area (Å²) in [6, 6.07) is 0. The molecule has 0 aromatic carbocycles. The maximum absolute atomic E-state index is 10.6. The Balaban J connectivity index is 2.90. The van der Waals surface area contributed by atoms with Crippen LogP contribution in [0.15, 0.2) is 23.4 Å². The lowest BCUT2D eigenvalue weighted by Gasteiger charge is -2.19. The van der Waals surface area contributed by atoms with E-state index in [0.29, 0.717) is 5.57 Å². The third-order valence-electron chi connectivity index (χ3n) is 1.62. The molecule has 70 valence electrons. The van der Waals surface area contributed by atoms with Crippen LogP contribution in [-0.4, -0.2) is 33.7 Å². The molecule has 2 N–H and O–H groups in total. The minimum absolute atomic E-state index is 0.0856. The fraction of sp³-hybridized carbons (Fsp3) is 0.250. The monoisotopic (exact) mass is 183 g/mol. The Morgan fingerprint density at radius 2 is 2.08 bits per heavy atom. The van der Waals surface area contributed by atoms with Crippen molar-refractivity contribution in [2.75, 3.05) is 6.54 Å². The summed E-state index contributed by atoms with van der Waals surface area (Å²) in [5.41, 5.74) is 0.702. The van der Waals surface area contributed by atoms with Crippen molar-refractivity contribution >= 4 is 12.1 Å². The molecule has 0 aliphatic carbocycles. The molecule has 0 spiro atoms. The topological polar surface area (TPSA) is 77.8 Å². The van der Waals surface area contributed by atoms with Gasteiger partial charge in [-0.15, -0.1) is 0 Å². The number of allylic oxidation sites excluding steroid dienone is 2. The highest BCUT2D eigenvalue weighted by molar-refractivity contribution is 5.89. The Hall–Kier alpha value is -1.78. The maximum Gasteiger partial charge on any atom is 0.411 e. The first-order chi connectivity index (χ1) is 6.00. The minimum Gasteiger partial charge on any atom is -0.478 e. The van der Waals surface area contributed by atoms with E-state index in [-0.39, 0.29) is 12.1 Å². The number of nitrogens with zero attached hydrogens (tertiary/aromatic N) is 1. The Labute approximate surface area is 74.6 Å². The largest absolute Gasteiger partial charge is 0.478 e. The van der Waals surface area contributed by atoms with Crippen molar-refractivity contribution in [2.24, 2.45) is 0 Å². The first kappa shape index (κ1) is 9.31. The fourth-order valence-electron chi connectivity index (χ4n) is 1.08. The predicted octanol–water partition coefficient (Wildman–Crippen LogP) is 0.895. The molecule has 0 saturated heterocycles. The number of carboxylic acid groups (broad SMARTS) is 2. The number of carboxylic acids is 1. The number of hydrogen-bond acceptors (Lipinski definition) is 2. The summed E-state index contributed by atoms with van der Waals surface area (Å²) >= 11 is 0. The van der Waals surface area contributed by atoms with Gasteiger partial charge in [0.25, 0.3) is 0 Å². The molecular weight excluding hydrogens is 174 g/mol. The van der Waals surface area contributed by atoms with E-state index >= 15 is 0 Å². The molecule has 1 aliphatic heterocycles. The number of amides is 1. The molecule has 0 fully saturated rings. The van der Waals surface area contributed by atoms with Crippen LogP contribution in [0.4, 0.5) is 4.79 Å². The Morgan fingerprint density at radius 3 is 2.54 bits per heavy atom. The van der Waals surface area contributed by atoms with Gasteiger partial charge in [0.2, 0.25) is 0 Å². The van der Waals surface area contributed by atoms with E-state index in [4.69, 9.17) is 10.2 Å². The number of hydrogen-bond donors (Lipinski definition) is 2. The maximum atomic E-state index is 10.6. The summed E-state index contributed by atoms with van der Waals surface area (Å²) in [6.45, 7) is 1.56. The van der Waals surface area contributed by atoms with Crippen LogP contribution in [0, 0.1) is 0 Å². The van der Waals surface area contributed by atoms with E-state index in [1.165, 1.54) is 12.3 Å². The number of rotatable bonds is 1. The van der Waals surface area contributed by atoms with Crippen molar-refractivity contribution in [1.29, 1.82) is 0 Å². The number of aliphatic carboxylic acids is 1. The molecule has 0 aromatic rings. The molecule has 0 atom stereocenters. The molecule has 1 heterocycles. The Morgan fingerprint density at radius 1 is 1.46 bits per heavy atom. The van der Waals surface area contributed by atoms with Crippen LogP contribution in [-0.2, 0) is 4.79 Å². The average Bonchev–Trinajstić information content (AvgIpc) is 2.03. The summed E-state index contributed by atoms with van der Waals surface area (Å²) in [4.78, 5) is 22.0. The summed E-state index contributed by atoms with van der Waals surface area (Å²) in [7, 11) is 0. The van der Waals surface area contributed by atoms with Crippen molar-refractivity contribution in [1.82, 2.24) is 4.90 Å². The number of carbonyl (C=O) groups is 2. The Kier molecular flexibility index (Phi) is 2.36. The lowest BCUT2D eigenvalue weighted by molar-refractivity contribution is -0.132. The van der Waals surface area contributed by atoms with Gasteiger partial charge in [0.15, 0.2) is 0 Å². The normalized spacial score (nSPS) is 16.2. The molecule has 1 rings (SSSR count). The SMILES string of the molecule is CC1=CN(C(=O)O)CC(C(=O)O)=C1. The van der Waals surface area contributed by atoms with Gasteiger partial charge in [0.05, 0.1) is 12.1 Å². The van der Waals surface area contributed by atoms with Gasteiger partial charge < -0.3 is 10.2 Å². The summed E-state index contributed by atoms with van der Waals surface area (Å²) in [5, 5.41) is 17.3. The van der Waals surface area contributed by atoms with Crippen LogP contribution in [0.25, 0.3) is 0 Å². The molecule has 0 radical (unpaired) electrons. The molecule has 0 unspecified atom stereocenters. The van der Waals surface area contributed by atoms with Crippen LogP contribution in [0.3, 0.4) is 0 Å². The molecule has 1 amide bonds. The summed E-state index contributed by atoms with van der Waals surface area (Å²) < 4.78 is 0. The standard InChI is InChI=1S/C8H9NO4/c1-5-2-6(7(10)11)4-9(3-5)8(12)13/h2-3H,4H2,1H3,(H,10,11)(H,12,13). The second-order valence-electron chi connectivity index (χ2n) is 2.76. The lowest BCUT2D eigenvalue weighted by Crippen LogP contribution is -2.30. The highest BCUT2D eigenvalue weighted by Crippen LogP contribution is 2.13. The van der Waals surface area contributed by atoms with Gasteiger partial charge in [-0.25, -0.2) is 9.59 Å². The highest BCUT2D eigenvalue weighted by atomic mass is 16.4. The van der Waals surface area contributed by atoms with Gasteiger partial charge in [0, 0.05) is 6.20 Å². The average molecular weight is 183 g/mol. The summed E-state index contributed by atoms with van der Waals surface area (Å²) in [5.74, 6) is -1.08. The second-order valence-corrected chi connectivity index (χ2v) is 2.76. The molecule has 0 saturated carbocycles. The van der Waals surface area contributed by atoms with E-state index in [0.717, 1.165) is 4.90 Å². The third kappa shape index (κ3) is 2.08. The van der Waals surface area contributed by atoms with E-state index in [9.17, 15) is 9.59 Å². The van der Waals surface area contributed by atoms with E-state index in [2.05, 4.69) is 0 Å². The zero-order chi connectivity index (χ0) is 10.0. The second kappa shape index (κ2) is 3.30. The van der Waals surface area contributed by atoms with Crippen LogP contribution in [0.2, 0.25) is 0 Å². The van der Waals surface area contributed by atoms with Crippen molar-refractivity contribution < 1.29 is 19.8 Å². The van der Waals surface area contributed by atoms with Gasteiger partial charge in [-0.2, -0.15) is 0 Å². The first-order valence-corrected chi connectivity index (χ1v) is 3.62. The van der Waals surface area contributed by atoms with Crippen LogP contribution in [0.1, 0.15) is 6.92 Å². The van der Waals surface area contributed by atoms with Gasteiger partial charge in [-0.3, -0.25) is 4.90 Å². The minimum atomic E-state index is -1.15. The molecule has 5 nitrogen and oxygen atoms in total. The molecular formula is C8H9NO4. The third-order valence-corrected chi connectivity index (χ3v) is 1.62. The van der Waals surface area contributed by atoms with E-state index in [1.54, 1.807) is 6.92 Å². The van der Waals surface area contributed by atoms with Crippen molar-refractivity contribution in [3.05, 3.63) is 23.4 Å². The van der Waals surface area contributed by atoms with Crippen LogP contribution in [0.5, 0.6) is 0 Å². The van der Waals surface area contributed by atoms with Gasteiger partial charge in [-0.05, 0) is 18.6 Å². The lowest BCUT2D eigenvalue weighted by atomic mass is 10.1. The van der Waals surface area contributed by atoms with Crippen molar-refractivity contribution in [3.63, 3.8) is 0 Å². The van der Waals surface area contributed by atoms with E-state index in [1.807, 2.05) is 0 Å². The smallest absolute Gasteiger partial charge is 0.411 e. The molecule has 5 heteroatoms. The van der Waals surface area contributed by atoms with Crippen molar-refractivity contribution in [3.8, 4) is 0 Å². The highest BCUT2D eigenvalue weighted by Gasteiger charge is 2.19. The van der Waals surface area contributed by atoms with Crippen LogP contribution < -0.4 is 0 Å². The van der Waals surface area contributed by atoms with E-state index < -0.39 is 12.1 Å². The molecule has 0 bridgehead atoms. The van der Waals surface area contributed by atoms with Gasteiger partial charge >= 0.3 is 12.1 Å². The van der Waals surface area contributed by atoms with Crippen molar-refractivity contribution in [2.45, 2.75) is 6.92 Å². The van der Waals surface area contributed by atoms with Gasteiger partial charge in [0.1, 0.15) is 0 Å². The molecule has 1 aliphatic rings. The Bertz CT molecular complexity index is 316. The molecule has 0 aromatic heterocycles. The molecule has 13 heavy (non-hydrogen) atoms. The van der Waals surface area contributed by atoms with Gasteiger partial charge in [-0.1, -0.05) is 0 Å².